The van der Waals surface area contributed by atoms with Crippen molar-refractivity contribution in [2.75, 3.05) is 0 Å². The Labute approximate surface area is 51.0 Å². The molecule has 0 heterocycles. The summed E-state index contributed by atoms with van der Waals surface area (Å²) in [7, 11) is 0. The van der Waals surface area contributed by atoms with Gasteiger partial charge in [-0.15, -0.1) is 0 Å². The van der Waals surface area contributed by atoms with Crippen LogP contribution < -0.4 is 14.7 Å². The molecular formula is CrO3PS. The van der Waals surface area contributed by atoms with E-state index in [0.717, 1.165) is 0 Å². The van der Waals surface area contributed by atoms with Gasteiger partial charge in [-0.05, 0) is 0 Å². The Morgan fingerprint density at radius 3 is 1.17 bits per heavy atom. The molecule has 0 aromatic heterocycles. The van der Waals surface area contributed by atoms with Gasteiger partial charge in [0.05, 0.1) is 0 Å². The smallest absolute Gasteiger partial charge is 0.844 e. The standard InChI is InChI=1S/Cr.H3O3PS/c;1-4(2,3)5/h;(H3,1,2,3,5)/q+3;/p-3. The van der Waals surface area contributed by atoms with Crippen LogP contribution >= 0.6 is 6.72 Å². The van der Waals surface area contributed by atoms with Crippen LogP contribution in [0.4, 0.5) is 0 Å². The Kier molecular flexibility index (Phi) is 5.26. The number of hydrogen-bond acceptors (Lipinski definition) is 4. The molecule has 35 valence electrons. The third-order valence-corrected chi connectivity index (χ3v) is 0. The molecule has 0 unspecified atom stereocenters. The van der Waals surface area contributed by atoms with Crippen LogP contribution in [0.3, 0.4) is 0 Å². The van der Waals surface area contributed by atoms with Crippen LogP contribution in [0, 0.1) is 0 Å². The number of rotatable bonds is 0. The van der Waals surface area contributed by atoms with Crippen molar-refractivity contribution in [1.82, 2.24) is 0 Å². The molecular weight excluding hydrogens is 163 g/mol. The molecule has 0 aliphatic heterocycles. The SMILES string of the molecule is [Cr+3].[O-]P([O-])([O-])=S. The summed E-state index contributed by atoms with van der Waals surface area (Å²) in [5.41, 5.74) is 0. The molecule has 0 aliphatic rings. The normalized spacial score (nSPS) is 9.83. The minimum Gasteiger partial charge on any atom is -0.844 e. The Morgan fingerprint density at radius 1 is 1.17 bits per heavy atom. The van der Waals surface area contributed by atoms with E-state index in [1.807, 2.05) is 0 Å². The van der Waals surface area contributed by atoms with E-state index in [2.05, 4.69) is 11.8 Å². The van der Waals surface area contributed by atoms with Gasteiger partial charge >= 0.3 is 17.4 Å². The van der Waals surface area contributed by atoms with Gasteiger partial charge in [-0.1, -0.05) is 0 Å². The molecule has 0 atom stereocenters. The first kappa shape index (κ1) is 10.1. The molecule has 0 aromatic rings. The molecule has 0 saturated carbocycles. The average molecular weight is 163 g/mol. The summed E-state index contributed by atoms with van der Waals surface area (Å²) in [4.78, 5) is 26.8. The van der Waals surface area contributed by atoms with Crippen LogP contribution in [0.1, 0.15) is 0 Å². The number of hydrogen-bond donors (Lipinski definition) is 0. The molecule has 0 aliphatic carbocycles. The van der Waals surface area contributed by atoms with E-state index in [4.69, 9.17) is 14.7 Å². The van der Waals surface area contributed by atoms with Crippen molar-refractivity contribution >= 4 is 18.5 Å². The largest absolute Gasteiger partial charge is 3.00 e. The first-order chi connectivity index (χ1) is 2.00. The van der Waals surface area contributed by atoms with Crippen LogP contribution in [0.15, 0.2) is 0 Å². The fourth-order valence-electron chi connectivity index (χ4n) is 0. The Bertz CT molecular complexity index is 56.9. The van der Waals surface area contributed by atoms with Crippen molar-refractivity contribution in [3.63, 3.8) is 0 Å². The van der Waals surface area contributed by atoms with Gasteiger partial charge in [-0.3, -0.25) is 0 Å². The zero-order valence-electron chi connectivity index (χ0n) is 2.49. The van der Waals surface area contributed by atoms with Gasteiger partial charge < -0.3 is 21.4 Å². The predicted octanol–water partition coefficient (Wildman–Crippen LogP) is -2.71. The summed E-state index contributed by atoms with van der Waals surface area (Å²) >= 11 is 3.27. The van der Waals surface area contributed by atoms with Gasteiger partial charge in [0, 0.05) is 0 Å². The second-order valence-electron chi connectivity index (χ2n) is 0.447. The van der Waals surface area contributed by atoms with Crippen LogP contribution in [0.5, 0.6) is 0 Å². The molecule has 0 rings (SSSR count). The molecule has 0 spiro atoms. The summed E-state index contributed by atoms with van der Waals surface area (Å²) in [6.45, 7) is -4.56. The summed E-state index contributed by atoms with van der Waals surface area (Å²) in [5.74, 6) is 0. The molecule has 3 nitrogen and oxygen atoms in total. The van der Waals surface area contributed by atoms with E-state index in [1.165, 1.54) is 0 Å². The molecule has 0 fully saturated rings. The molecule has 0 amide bonds. The minimum absolute atomic E-state index is 0. The first-order valence-electron chi connectivity index (χ1n) is 0.730. The minimum atomic E-state index is -4.56. The third-order valence-electron chi connectivity index (χ3n) is 0. The average Bonchev–Trinajstić information content (AvgIpc) is 0.722. The third kappa shape index (κ3) is 74.0. The topological polar surface area (TPSA) is 69.2 Å². The van der Waals surface area contributed by atoms with Gasteiger partial charge in [0.2, 0.25) is 0 Å². The summed E-state index contributed by atoms with van der Waals surface area (Å²) in [6.07, 6.45) is 0. The second-order valence-corrected chi connectivity index (χ2v) is 2.68. The molecule has 6 heavy (non-hydrogen) atoms. The second kappa shape index (κ2) is 3.12. The molecule has 0 N–H and O–H groups in total. The van der Waals surface area contributed by atoms with E-state index in [9.17, 15) is 0 Å². The quantitative estimate of drug-likeness (QED) is 0.364. The zero-order valence-corrected chi connectivity index (χ0v) is 5.47. The van der Waals surface area contributed by atoms with Gasteiger partial charge in [0.15, 0.2) is 0 Å². The molecule has 0 saturated heterocycles. The van der Waals surface area contributed by atoms with E-state index >= 15 is 0 Å². The summed E-state index contributed by atoms with van der Waals surface area (Å²) in [5, 5.41) is 0. The van der Waals surface area contributed by atoms with E-state index in [1.54, 1.807) is 0 Å². The maximum atomic E-state index is 8.92. The van der Waals surface area contributed by atoms with Crippen LogP contribution in [-0.2, 0) is 29.2 Å². The van der Waals surface area contributed by atoms with Gasteiger partial charge in [-0.25, -0.2) is 0 Å². The fraction of sp³-hybridized carbons (Fsp3) is 0. The maximum absolute atomic E-state index is 8.92. The Hall–Kier alpha value is 1.06. The summed E-state index contributed by atoms with van der Waals surface area (Å²) < 4.78 is 0. The Morgan fingerprint density at radius 2 is 1.17 bits per heavy atom. The fourth-order valence-corrected chi connectivity index (χ4v) is 0. The van der Waals surface area contributed by atoms with Gasteiger partial charge in [-0.2, -0.15) is 11.8 Å². The van der Waals surface area contributed by atoms with Crippen molar-refractivity contribution < 1.29 is 32.0 Å². The van der Waals surface area contributed by atoms with Gasteiger partial charge in [0.25, 0.3) is 0 Å². The van der Waals surface area contributed by atoms with Gasteiger partial charge in [0.1, 0.15) is 0 Å². The zero-order chi connectivity index (χ0) is 4.50. The van der Waals surface area contributed by atoms with Crippen molar-refractivity contribution in [1.29, 1.82) is 0 Å². The first-order valence-corrected chi connectivity index (χ1v) is 3.29. The molecule has 0 aromatic carbocycles. The molecule has 1 radical (unpaired) electrons. The van der Waals surface area contributed by atoms with Crippen molar-refractivity contribution in [2.45, 2.75) is 0 Å². The molecule has 0 bridgehead atoms. The van der Waals surface area contributed by atoms with E-state index < -0.39 is 6.72 Å². The predicted molar refractivity (Wildman–Crippen MR) is 14.3 cm³/mol. The summed E-state index contributed by atoms with van der Waals surface area (Å²) in [6, 6.07) is 0. The maximum Gasteiger partial charge on any atom is 3.00 e. The van der Waals surface area contributed by atoms with Crippen molar-refractivity contribution in [3.05, 3.63) is 0 Å². The molecule has 6 heteroatoms. The van der Waals surface area contributed by atoms with Crippen LogP contribution in [0.2, 0.25) is 0 Å². The van der Waals surface area contributed by atoms with Crippen LogP contribution in [0.25, 0.3) is 0 Å². The van der Waals surface area contributed by atoms with Crippen molar-refractivity contribution in [3.8, 4) is 0 Å². The van der Waals surface area contributed by atoms with Crippen LogP contribution in [-0.4, -0.2) is 0 Å². The Balaban J connectivity index is 0. The van der Waals surface area contributed by atoms with Crippen molar-refractivity contribution in [2.24, 2.45) is 0 Å². The van der Waals surface area contributed by atoms with E-state index in [-0.39, 0.29) is 17.4 Å². The monoisotopic (exact) mass is 163 g/mol. The van der Waals surface area contributed by atoms with E-state index in [0.29, 0.717) is 0 Å².